The van der Waals surface area contributed by atoms with Crippen LogP contribution in [0.4, 0.5) is 0 Å². The van der Waals surface area contributed by atoms with Gasteiger partial charge in [0, 0.05) is 12.5 Å². The number of hydrogen-bond donors (Lipinski definition) is 2. The Bertz CT molecular complexity index is 230. The zero-order chi connectivity index (χ0) is 10.7. The third kappa shape index (κ3) is 2.51. The summed E-state index contributed by atoms with van der Waals surface area (Å²) in [6.07, 6.45) is 6.16. The quantitative estimate of drug-likeness (QED) is 0.668. The Labute approximate surface area is 92.0 Å². The molecule has 86 valence electrons. The van der Waals surface area contributed by atoms with Crippen LogP contribution in [0.25, 0.3) is 0 Å². The number of hydrogen-bond acceptors (Lipinski definition) is 2. The van der Waals surface area contributed by atoms with Gasteiger partial charge in [-0.3, -0.25) is 4.79 Å². The van der Waals surface area contributed by atoms with Gasteiger partial charge in [-0.05, 0) is 51.1 Å². The van der Waals surface area contributed by atoms with Crippen LogP contribution in [0, 0.1) is 17.8 Å². The predicted molar refractivity (Wildman–Crippen MR) is 60.5 cm³/mol. The van der Waals surface area contributed by atoms with E-state index in [1.54, 1.807) is 0 Å². The Morgan fingerprint density at radius 3 is 2.73 bits per heavy atom. The van der Waals surface area contributed by atoms with E-state index < -0.39 is 0 Å². The molecule has 15 heavy (non-hydrogen) atoms. The standard InChI is InChI=1S/C12H22N2O/c1-13-5-2-6-14-12(15)11-8-9-3-4-10(11)7-9/h9-11,13H,2-8H2,1H3,(H,14,15). The average Bonchev–Trinajstić information content (AvgIpc) is 2.85. The van der Waals surface area contributed by atoms with Crippen molar-refractivity contribution in [3.05, 3.63) is 0 Å². The van der Waals surface area contributed by atoms with Gasteiger partial charge in [0.1, 0.15) is 0 Å². The summed E-state index contributed by atoms with van der Waals surface area (Å²) in [6, 6.07) is 0. The first-order chi connectivity index (χ1) is 7.31. The van der Waals surface area contributed by atoms with E-state index in [2.05, 4.69) is 10.6 Å². The Morgan fingerprint density at radius 1 is 1.27 bits per heavy atom. The van der Waals surface area contributed by atoms with Crippen molar-refractivity contribution < 1.29 is 4.79 Å². The Morgan fingerprint density at radius 2 is 2.13 bits per heavy atom. The summed E-state index contributed by atoms with van der Waals surface area (Å²) in [7, 11) is 1.94. The van der Waals surface area contributed by atoms with Crippen molar-refractivity contribution >= 4 is 5.91 Å². The molecule has 3 nitrogen and oxygen atoms in total. The van der Waals surface area contributed by atoms with E-state index in [4.69, 9.17) is 0 Å². The molecule has 0 aromatic heterocycles. The van der Waals surface area contributed by atoms with Gasteiger partial charge in [0.2, 0.25) is 5.91 Å². The maximum absolute atomic E-state index is 11.9. The third-order valence-electron chi connectivity index (χ3n) is 3.98. The highest BCUT2D eigenvalue weighted by molar-refractivity contribution is 5.79. The minimum absolute atomic E-state index is 0.318. The Balaban J connectivity index is 1.68. The minimum Gasteiger partial charge on any atom is -0.356 e. The lowest BCUT2D eigenvalue weighted by Gasteiger charge is -2.20. The van der Waals surface area contributed by atoms with Crippen LogP contribution >= 0.6 is 0 Å². The molecule has 1 amide bonds. The number of rotatable bonds is 5. The first-order valence-electron chi connectivity index (χ1n) is 6.23. The molecular weight excluding hydrogens is 188 g/mol. The molecule has 3 heteroatoms. The molecule has 3 unspecified atom stereocenters. The molecule has 0 aromatic carbocycles. The minimum atomic E-state index is 0.318. The lowest BCUT2D eigenvalue weighted by Crippen LogP contribution is -2.34. The van der Waals surface area contributed by atoms with Gasteiger partial charge in [0.15, 0.2) is 0 Å². The third-order valence-corrected chi connectivity index (χ3v) is 3.98. The molecule has 2 fully saturated rings. The van der Waals surface area contributed by atoms with Crippen molar-refractivity contribution in [2.75, 3.05) is 20.1 Å². The largest absolute Gasteiger partial charge is 0.356 e. The van der Waals surface area contributed by atoms with Gasteiger partial charge in [-0.25, -0.2) is 0 Å². The zero-order valence-electron chi connectivity index (χ0n) is 9.59. The molecule has 2 aliphatic carbocycles. The van der Waals surface area contributed by atoms with Crippen molar-refractivity contribution in [2.45, 2.75) is 32.1 Å². The molecule has 2 rings (SSSR count). The summed E-state index contributed by atoms with van der Waals surface area (Å²) in [6.45, 7) is 1.81. The van der Waals surface area contributed by atoms with E-state index in [1.807, 2.05) is 7.05 Å². The van der Waals surface area contributed by atoms with Crippen LogP contribution in [0.2, 0.25) is 0 Å². The van der Waals surface area contributed by atoms with Crippen LogP contribution in [0.15, 0.2) is 0 Å². The van der Waals surface area contributed by atoms with Gasteiger partial charge >= 0.3 is 0 Å². The van der Waals surface area contributed by atoms with Gasteiger partial charge in [-0.2, -0.15) is 0 Å². The van der Waals surface area contributed by atoms with Crippen LogP contribution in [-0.2, 0) is 4.79 Å². The average molecular weight is 210 g/mol. The Kier molecular flexibility index (Phi) is 3.62. The fraction of sp³-hybridized carbons (Fsp3) is 0.917. The fourth-order valence-corrected chi connectivity index (χ4v) is 3.17. The number of amides is 1. The van der Waals surface area contributed by atoms with Crippen molar-refractivity contribution in [1.82, 2.24) is 10.6 Å². The molecule has 0 radical (unpaired) electrons. The SMILES string of the molecule is CNCCCNC(=O)C1CC2CCC1C2. The molecule has 0 aromatic rings. The van der Waals surface area contributed by atoms with Crippen molar-refractivity contribution in [1.29, 1.82) is 0 Å². The monoisotopic (exact) mass is 210 g/mol. The van der Waals surface area contributed by atoms with Gasteiger partial charge in [-0.15, -0.1) is 0 Å². The van der Waals surface area contributed by atoms with E-state index in [-0.39, 0.29) is 0 Å². The molecule has 2 bridgehead atoms. The first-order valence-corrected chi connectivity index (χ1v) is 6.23. The van der Waals surface area contributed by atoms with E-state index >= 15 is 0 Å². The van der Waals surface area contributed by atoms with Gasteiger partial charge in [0.05, 0.1) is 0 Å². The van der Waals surface area contributed by atoms with Crippen LogP contribution in [0.1, 0.15) is 32.1 Å². The second-order valence-electron chi connectivity index (χ2n) is 5.03. The topological polar surface area (TPSA) is 41.1 Å². The highest BCUT2D eigenvalue weighted by Crippen LogP contribution is 2.48. The molecule has 2 aliphatic rings. The van der Waals surface area contributed by atoms with E-state index in [9.17, 15) is 4.79 Å². The number of carbonyl (C=O) groups is 1. The molecule has 0 aliphatic heterocycles. The number of nitrogens with one attached hydrogen (secondary N) is 2. The van der Waals surface area contributed by atoms with Gasteiger partial charge in [0.25, 0.3) is 0 Å². The number of carbonyl (C=O) groups excluding carboxylic acids is 1. The van der Waals surface area contributed by atoms with Crippen molar-refractivity contribution in [3.8, 4) is 0 Å². The lowest BCUT2D eigenvalue weighted by molar-refractivity contribution is -0.126. The molecule has 0 spiro atoms. The summed E-state index contributed by atoms with van der Waals surface area (Å²) in [5.41, 5.74) is 0. The Hall–Kier alpha value is -0.570. The first kappa shape index (κ1) is 10.9. The highest BCUT2D eigenvalue weighted by atomic mass is 16.1. The summed E-state index contributed by atoms with van der Waals surface area (Å²) >= 11 is 0. The normalized spacial score (nSPS) is 33.3. The van der Waals surface area contributed by atoms with Gasteiger partial charge < -0.3 is 10.6 Å². The molecule has 2 N–H and O–H groups in total. The molecule has 2 saturated carbocycles. The highest BCUT2D eigenvalue weighted by Gasteiger charge is 2.42. The second-order valence-corrected chi connectivity index (χ2v) is 5.03. The van der Waals surface area contributed by atoms with Crippen LogP contribution in [0.3, 0.4) is 0 Å². The zero-order valence-corrected chi connectivity index (χ0v) is 9.59. The van der Waals surface area contributed by atoms with Crippen LogP contribution in [0.5, 0.6) is 0 Å². The molecular formula is C12H22N2O. The maximum Gasteiger partial charge on any atom is 0.223 e. The van der Waals surface area contributed by atoms with Crippen molar-refractivity contribution in [2.24, 2.45) is 17.8 Å². The summed E-state index contributed by atoms with van der Waals surface area (Å²) in [5, 5.41) is 6.15. The molecule has 3 atom stereocenters. The second kappa shape index (κ2) is 4.97. The lowest BCUT2D eigenvalue weighted by atomic mass is 9.88. The summed E-state index contributed by atoms with van der Waals surface area (Å²) in [4.78, 5) is 11.9. The van der Waals surface area contributed by atoms with Crippen molar-refractivity contribution in [3.63, 3.8) is 0 Å². The maximum atomic E-state index is 11.9. The molecule has 0 heterocycles. The van der Waals surface area contributed by atoms with E-state index in [0.29, 0.717) is 17.7 Å². The molecule has 0 saturated heterocycles. The summed E-state index contributed by atoms with van der Waals surface area (Å²) in [5.74, 6) is 2.24. The van der Waals surface area contributed by atoms with Crippen LogP contribution in [-0.4, -0.2) is 26.0 Å². The smallest absolute Gasteiger partial charge is 0.223 e. The van der Waals surface area contributed by atoms with E-state index in [1.165, 1.54) is 19.3 Å². The van der Waals surface area contributed by atoms with Crippen LogP contribution < -0.4 is 10.6 Å². The van der Waals surface area contributed by atoms with Gasteiger partial charge in [-0.1, -0.05) is 6.42 Å². The fourth-order valence-electron chi connectivity index (χ4n) is 3.17. The predicted octanol–water partition coefficient (Wildman–Crippen LogP) is 1.15. The summed E-state index contributed by atoms with van der Waals surface area (Å²) < 4.78 is 0. The number of fused-ring (bicyclic) bond motifs is 2. The van der Waals surface area contributed by atoms with E-state index in [0.717, 1.165) is 31.8 Å².